The molecule has 0 aromatic rings. The molecule has 0 spiro atoms. The zero-order valence-corrected chi connectivity index (χ0v) is 5.92. The van der Waals surface area contributed by atoms with Crippen LogP contribution in [-0.4, -0.2) is 11.1 Å². The third-order valence-electron chi connectivity index (χ3n) is 2.89. The third kappa shape index (κ3) is 0.917. The number of hydrogen-bond acceptors (Lipinski definition) is 1. The average Bonchev–Trinajstić information content (AvgIpc) is 2.63. The predicted molar refractivity (Wildman–Crippen MR) is 36.6 cm³/mol. The van der Waals surface area contributed by atoms with Crippen LogP contribution in [0.15, 0.2) is 0 Å². The summed E-state index contributed by atoms with van der Waals surface area (Å²) in [5, 5.41) is 8.67. The first-order chi connectivity index (χ1) is 4.77. The maximum absolute atomic E-state index is 10.5. The van der Waals surface area contributed by atoms with Crippen LogP contribution in [0.1, 0.15) is 25.7 Å². The normalized spacial score (nSPS) is 44.2. The van der Waals surface area contributed by atoms with Gasteiger partial charge in [0.1, 0.15) is 0 Å². The summed E-state index contributed by atoms with van der Waals surface area (Å²) in [6.45, 7) is 0. The highest BCUT2D eigenvalue weighted by atomic mass is 16.4. The molecule has 1 N–H and O–H groups in total. The molecular formula is C8H12O2. The number of aliphatic carboxylic acids is 1. The van der Waals surface area contributed by atoms with Gasteiger partial charge in [0, 0.05) is 0 Å². The van der Waals surface area contributed by atoms with Crippen molar-refractivity contribution in [2.45, 2.75) is 25.7 Å². The molecule has 0 unspecified atom stereocenters. The average molecular weight is 140 g/mol. The molecule has 0 radical (unpaired) electrons. The van der Waals surface area contributed by atoms with Crippen LogP contribution in [0.25, 0.3) is 0 Å². The third-order valence-corrected chi connectivity index (χ3v) is 2.89. The minimum absolute atomic E-state index is 0.0104. The van der Waals surface area contributed by atoms with Gasteiger partial charge in [0.05, 0.1) is 5.92 Å². The van der Waals surface area contributed by atoms with Crippen LogP contribution in [0.5, 0.6) is 0 Å². The zero-order valence-electron chi connectivity index (χ0n) is 5.92. The van der Waals surface area contributed by atoms with Crippen molar-refractivity contribution >= 4 is 5.97 Å². The van der Waals surface area contributed by atoms with E-state index >= 15 is 0 Å². The van der Waals surface area contributed by atoms with Gasteiger partial charge in [-0.25, -0.2) is 0 Å². The van der Waals surface area contributed by atoms with E-state index in [0.29, 0.717) is 0 Å². The molecule has 10 heavy (non-hydrogen) atoms. The number of fused-ring (bicyclic) bond motifs is 1. The molecular weight excluding hydrogens is 128 g/mol. The summed E-state index contributed by atoms with van der Waals surface area (Å²) in [5.41, 5.74) is 0. The number of carboxylic acid groups (broad SMARTS) is 1. The SMILES string of the molecule is O=C(O)[C@@H]1CC[C@H]2C[C@@H]2C1. The van der Waals surface area contributed by atoms with Gasteiger partial charge in [0.25, 0.3) is 0 Å². The second kappa shape index (κ2) is 1.97. The Labute approximate surface area is 60.2 Å². The molecule has 2 aliphatic carbocycles. The number of carboxylic acids is 1. The van der Waals surface area contributed by atoms with E-state index in [9.17, 15) is 4.79 Å². The number of carbonyl (C=O) groups is 1. The van der Waals surface area contributed by atoms with Crippen LogP contribution in [-0.2, 0) is 4.79 Å². The van der Waals surface area contributed by atoms with Crippen molar-refractivity contribution in [2.24, 2.45) is 17.8 Å². The van der Waals surface area contributed by atoms with Crippen LogP contribution >= 0.6 is 0 Å². The van der Waals surface area contributed by atoms with E-state index < -0.39 is 5.97 Å². The Morgan fingerprint density at radius 1 is 1.20 bits per heavy atom. The van der Waals surface area contributed by atoms with E-state index in [0.717, 1.165) is 24.7 Å². The van der Waals surface area contributed by atoms with Crippen molar-refractivity contribution in [2.75, 3.05) is 0 Å². The fraction of sp³-hybridized carbons (Fsp3) is 0.875. The van der Waals surface area contributed by atoms with Crippen LogP contribution < -0.4 is 0 Å². The number of hydrogen-bond donors (Lipinski definition) is 1. The molecule has 2 nitrogen and oxygen atoms in total. The molecule has 0 saturated heterocycles. The summed E-state index contributed by atoms with van der Waals surface area (Å²) in [7, 11) is 0. The number of rotatable bonds is 1. The first-order valence-corrected chi connectivity index (χ1v) is 4.00. The van der Waals surface area contributed by atoms with Crippen LogP contribution in [0.3, 0.4) is 0 Å². The highest BCUT2D eigenvalue weighted by Gasteiger charge is 2.43. The van der Waals surface area contributed by atoms with Crippen LogP contribution in [0.2, 0.25) is 0 Å². The maximum Gasteiger partial charge on any atom is 0.306 e. The van der Waals surface area contributed by atoms with Crippen molar-refractivity contribution in [3.63, 3.8) is 0 Å². The first kappa shape index (κ1) is 6.20. The van der Waals surface area contributed by atoms with Gasteiger partial charge < -0.3 is 5.11 Å². The fourth-order valence-corrected chi connectivity index (χ4v) is 2.08. The second-order valence-electron chi connectivity index (χ2n) is 3.60. The Morgan fingerprint density at radius 2 is 2.00 bits per heavy atom. The van der Waals surface area contributed by atoms with Crippen molar-refractivity contribution in [3.8, 4) is 0 Å². The van der Waals surface area contributed by atoms with Gasteiger partial charge in [-0.2, -0.15) is 0 Å². The lowest BCUT2D eigenvalue weighted by Gasteiger charge is -2.15. The molecule has 0 amide bonds. The topological polar surface area (TPSA) is 37.3 Å². The molecule has 0 bridgehead atoms. The molecule has 0 aromatic heterocycles. The molecule has 3 atom stereocenters. The molecule has 0 aliphatic heterocycles. The molecule has 2 saturated carbocycles. The van der Waals surface area contributed by atoms with Gasteiger partial charge in [0.2, 0.25) is 0 Å². The largest absolute Gasteiger partial charge is 0.481 e. The standard InChI is InChI=1S/C8H12O2/c9-8(10)6-2-1-5-3-7(5)4-6/h5-7H,1-4H2,(H,9,10)/t5-,6+,7+/m0/s1. The van der Waals surface area contributed by atoms with Gasteiger partial charge in [-0.05, 0) is 37.5 Å². The van der Waals surface area contributed by atoms with E-state index in [2.05, 4.69) is 0 Å². The molecule has 2 rings (SSSR count). The Morgan fingerprint density at radius 3 is 2.60 bits per heavy atom. The summed E-state index contributed by atoms with van der Waals surface area (Å²) >= 11 is 0. The Bertz CT molecular complexity index is 165. The highest BCUT2D eigenvalue weighted by molar-refractivity contribution is 5.70. The van der Waals surface area contributed by atoms with E-state index in [1.54, 1.807) is 0 Å². The summed E-state index contributed by atoms with van der Waals surface area (Å²) < 4.78 is 0. The summed E-state index contributed by atoms with van der Waals surface area (Å²) in [6.07, 6.45) is 4.36. The van der Waals surface area contributed by atoms with Crippen molar-refractivity contribution in [1.29, 1.82) is 0 Å². The highest BCUT2D eigenvalue weighted by Crippen LogP contribution is 2.51. The summed E-state index contributed by atoms with van der Waals surface area (Å²) in [4.78, 5) is 10.5. The van der Waals surface area contributed by atoms with Crippen molar-refractivity contribution in [1.82, 2.24) is 0 Å². The lowest BCUT2D eigenvalue weighted by Crippen LogP contribution is -2.17. The maximum atomic E-state index is 10.5. The Hall–Kier alpha value is -0.530. The molecule has 2 aliphatic rings. The quantitative estimate of drug-likeness (QED) is 0.599. The van der Waals surface area contributed by atoms with Gasteiger partial charge >= 0.3 is 5.97 Å². The van der Waals surface area contributed by atoms with Crippen molar-refractivity contribution < 1.29 is 9.90 Å². The molecule has 56 valence electrons. The Kier molecular flexibility index (Phi) is 1.22. The Balaban J connectivity index is 1.94. The second-order valence-corrected chi connectivity index (χ2v) is 3.60. The van der Waals surface area contributed by atoms with Crippen LogP contribution in [0, 0.1) is 17.8 Å². The van der Waals surface area contributed by atoms with Gasteiger partial charge in [-0.1, -0.05) is 0 Å². The van der Waals surface area contributed by atoms with E-state index in [1.807, 2.05) is 0 Å². The monoisotopic (exact) mass is 140 g/mol. The first-order valence-electron chi connectivity index (χ1n) is 4.00. The summed E-state index contributed by atoms with van der Waals surface area (Å²) in [6, 6.07) is 0. The van der Waals surface area contributed by atoms with Gasteiger partial charge in [-0.15, -0.1) is 0 Å². The van der Waals surface area contributed by atoms with Gasteiger partial charge in [0.15, 0.2) is 0 Å². The fourth-order valence-electron chi connectivity index (χ4n) is 2.08. The summed E-state index contributed by atoms with van der Waals surface area (Å²) in [5.74, 6) is 1.11. The van der Waals surface area contributed by atoms with E-state index in [-0.39, 0.29) is 5.92 Å². The molecule has 0 aromatic carbocycles. The lowest BCUT2D eigenvalue weighted by atomic mass is 9.89. The molecule has 2 heteroatoms. The lowest BCUT2D eigenvalue weighted by molar-refractivity contribution is -0.142. The van der Waals surface area contributed by atoms with Crippen LogP contribution in [0.4, 0.5) is 0 Å². The van der Waals surface area contributed by atoms with Gasteiger partial charge in [-0.3, -0.25) is 4.79 Å². The van der Waals surface area contributed by atoms with E-state index in [4.69, 9.17) is 5.11 Å². The minimum Gasteiger partial charge on any atom is -0.481 e. The van der Waals surface area contributed by atoms with Crippen molar-refractivity contribution in [3.05, 3.63) is 0 Å². The molecule has 2 fully saturated rings. The molecule has 0 heterocycles. The predicted octanol–water partition coefficient (Wildman–Crippen LogP) is 1.51. The minimum atomic E-state index is -0.578. The zero-order chi connectivity index (χ0) is 7.14. The van der Waals surface area contributed by atoms with E-state index in [1.165, 1.54) is 12.8 Å². The smallest absolute Gasteiger partial charge is 0.306 e.